The zero-order chi connectivity index (χ0) is 25.3. The molecule has 194 valence electrons. The summed E-state index contributed by atoms with van der Waals surface area (Å²) < 4.78 is 51.1. The molecule has 18 nitrogen and oxygen atoms in total. The molecule has 4 aliphatic heterocycles. The Morgan fingerprint density at radius 1 is 0.829 bits per heavy atom. The van der Waals surface area contributed by atoms with Gasteiger partial charge in [-0.25, -0.2) is 19.1 Å². The van der Waals surface area contributed by atoms with Gasteiger partial charge in [-0.15, -0.1) is 0 Å². The second-order valence-corrected chi connectivity index (χ2v) is 11.1. The van der Waals surface area contributed by atoms with E-state index in [0.29, 0.717) is 0 Å². The molecule has 2 aromatic rings. The summed E-state index contributed by atoms with van der Waals surface area (Å²) in [4.78, 5) is 27.9. The van der Waals surface area contributed by atoms with Crippen molar-refractivity contribution in [1.82, 2.24) is 19.1 Å². The van der Waals surface area contributed by atoms with E-state index in [2.05, 4.69) is 23.3 Å². The first-order chi connectivity index (χ1) is 16.4. The number of ether oxygens (including phenoxy) is 2. The van der Waals surface area contributed by atoms with Gasteiger partial charge in [0.25, 0.3) is 0 Å². The Morgan fingerprint density at radius 3 is 1.86 bits per heavy atom. The summed E-state index contributed by atoms with van der Waals surface area (Å²) in [7, 11) is -10.5. The van der Waals surface area contributed by atoms with Crippen molar-refractivity contribution in [2.75, 3.05) is 13.2 Å². The van der Waals surface area contributed by atoms with Crippen LogP contribution in [0.15, 0.2) is 12.7 Å². The molecule has 2 aromatic heterocycles. The number of hydrogen-bond donors (Lipinski definition) is 7. The van der Waals surface area contributed by atoms with Crippen LogP contribution >= 0.6 is 15.6 Å². The Bertz CT molecular complexity index is 1290. The quantitative estimate of drug-likeness (QED) is 0.166. The van der Waals surface area contributed by atoms with Crippen LogP contribution in [-0.4, -0.2) is 99.2 Å². The fourth-order valence-electron chi connectivity index (χ4n) is 4.03. The molecule has 10 atom stereocenters. The third kappa shape index (κ3) is 4.40. The van der Waals surface area contributed by atoms with Gasteiger partial charge < -0.3 is 39.7 Å². The van der Waals surface area contributed by atoms with E-state index in [-0.39, 0.29) is 16.7 Å². The maximum atomic E-state index is 12.2. The van der Waals surface area contributed by atoms with Gasteiger partial charge in [0.1, 0.15) is 43.0 Å². The number of nitrogens with zero attached hydrogens (tertiary/aromatic N) is 4. The van der Waals surface area contributed by atoms with Gasteiger partial charge in [-0.1, -0.05) is 0 Å². The number of hydrogen-bond acceptors (Lipinski definition) is 14. The van der Waals surface area contributed by atoms with Gasteiger partial charge in [0, 0.05) is 0 Å². The summed E-state index contributed by atoms with van der Waals surface area (Å²) in [6.45, 7) is -1.70. The van der Waals surface area contributed by atoms with E-state index < -0.39 is 77.9 Å². The number of rotatable bonds is 0. The molecule has 2 saturated heterocycles. The van der Waals surface area contributed by atoms with E-state index in [4.69, 9.17) is 14.9 Å². The lowest BCUT2D eigenvalue weighted by molar-refractivity contribution is -0.0565. The number of imidazole rings is 1. The van der Waals surface area contributed by atoms with Gasteiger partial charge in [-0.05, 0) is 0 Å². The molecule has 2 fully saturated rings. The predicted octanol–water partition coefficient (Wildman–Crippen LogP) is -2.79. The lowest BCUT2D eigenvalue weighted by atomic mass is 10.1. The van der Waals surface area contributed by atoms with E-state index >= 15 is 0 Å². The fourth-order valence-corrected chi connectivity index (χ4v) is 6.12. The largest absolute Gasteiger partial charge is 0.481 e. The van der Waals surface area contributed by atoms with E-state index in [1.165, 1.54) is 10.9 Å². The van der Waals surface area contributed by atoms with Crippen molar-refractivity contribution in [3.05, 3.63) is 18.1 Å². The zero-order valence-corrected chi connectivity index (χ0v) is 19.2. The van der Waals surface area contributed by atoms with Crippen molar-refractivity contribution in [3.8, 4) is 0 Å². The molecule has 0 aromatic carbocycles. The summed E-state index contributed by atoms with van der Waals surface area (Å²) in [6, 6.07) is 0. The van der Waals surface area contributed by atoms with Gasteiger partial charge in [0.15, 0.2) is 29.1 Å². The summed E-state index contributed by atoms with van der Waals surface area (Å²) in [5.74, 6) is 0. The molecule has 7 N–H and O–H groups in total. The number of fused-ring (bicyclic) bond motifs is 7. The van der Waals surface area contributed by atoms with Crippen LogP contribution in [0.5, 0.6) is 0 Å². The van der Waals surface area contributed by atoms with Crippen LogP contribution in [-0.2, 0) is 32.0 Å². The number of aliphatic hydroxyl groups is 4. The maximum Gasteiger partial charge on any atom is 0.481 e. The van der Waals surface area contributed by atoms with Gasteiger partial charge in [-0.3, -0.25) is 23.6 Å². The zero-order valence-electron chi connectivity index (χ0n) is 17.4. The molecule has 8 bridgehead atoms. The van der Waals surface area contributed by atoms with Crippen molar-refractivity contribution in [1.29, 1.82) is 5.41 Å². The number of aliphatic hydroxyl groups excluding tert-OH is 4. The van der Waals surface area contributed by atoms with Crippen LogP contribution in [0.2, 0.25) is 0 Å². The smallest absolute Gasteiger partial charge is 0.387 e. The number of phosphoric ester groups is 2. The molecule has 0 saturated carbocycles. The standard InChI is InChI=1S/C15H21N5O13P2/c16-12-7-13-18-4-19(12)14-10(23)8(21)5(31-14)1-29-34(25,26)33-35(27,28)30-2-6-9(22)11(24)15(32-6)20(13)3-17-7/h3-6,8-11,14-16,21-24H,1-2H2,(H,25,26)(H,27,28)/t5-,6?,8?,9?,10?,11?,14+,15?/m0/s1. The fraction of sp³-hybridized carbons (Fsp3) is 0.667. The Hall–Kier alpha value is -1.63. The molecule has 35 heavy (non-hydrogen) atoms. The molecule has 0 aliphatic carbocycles. The van der Waals surface area contributed by atoms with Gasteiger partial charge in [0.2, 0.25) is 0 Å². The highest BCUT2D eigenvalue weighted by atomic mass is 31.3. The molecule has 0 radical (unpaired) electrons. The molecule has 6 rings (SSSR count). The topological polar surface area (TPSA) is 261 Å². The van der Waals surface area contributed by atoms with Gasteiger partial charge in [-0.2, -0.15) is 4.31 Å². The normalized spacial score (nSPS) is 44.6. The van der Waals surface area contributed by atoms with E-state index in [9.17, 15) is 39.3 Å². The monoisotopic (exact) mass is 541 g/mol. The summed E-state index contributed by atoms with van der Waals surface area (Å²) in [5.41, 5.74) is -0.273. The first-order valence-corrected chi connectivity index (χ1v) is 13.0. The van der Waals surface area contributed by atoms with Crippen LogP contribution in [0.4, 0.5) is 0 Å². The molecule has 8 unspecified atom stereocenters. The van der Waals surface area contributed by atoms with E-state index in [1.807, 2.05) is 0 Å². The van der Waals surface area contributed by atoms with E-state index in [1.54, 1.807) is 0 Å². The number of phosphoric acid groups is 2. The van der Waals surface area contributed by atoms with Crippen molar-refractivity contribution >= 4 is 26.8 Å². The summed E-state index contributed by atoms with van der Waals surface area (Å²) in [6.07, 6.45) is -9.71. The first-order valence-electron chi connectivity index (χ1n) is 10.1. The average Bonchev–Trinajstić information content (AvgIpc) is 3.41. The number of nitrogens with one attached hydrogen (secondary N) is 1. The molecule has 4 aliphatic rings. The molecule has 20 heteroatoms. The first kappa shape index (κ1) is 25.0. The Labute approximate surface area is 194 Å². The second-order valence-electron chi connectivity index (χ2n) is 8.03. The Morgan fingerprint density at radius 2 is 1.31 bits per heavy atom. The molecule has 6 heterocycles. The molecular formula is C15H21N5O13P2. The van der Waals surface area contributed by atoms with Crippen LogP contribution in [0.1, 0.15) is 12.5 Å². The van der Waals surface area contributed by atoms with Gasteiger partial charge in [0.05, 0.1) is 19.5 Å². The van der Waals surface area contributed by atoms with Crippen LogP contribution in [0.3, 0.4) is 0 Å². The predicted molar refractivity (Wildman–Crippen MR) is 106 cm³/mol. The second kappa shape index (κ2) is 8.74. The average molecular weight is 541 g/mol. The minimum atomic E-state index is -5.26. The van der Waals surface area contributed by atoms with Crippen molar-refractivity contribution in [2.45, 2.75) is 49.1 Å². The van der Waals surface area contributed by atoms with Gasteiger partial charge >= 0.3 is 15.6 Å². The van der Waals surface area contributed by atoms with E-state index in [0.717, 1.165) is 10.9 Å². The molecular weight excluding hydrogens is 520 g/mol. The van der Waals surface area contributed by atoms with Crippen LogP contribution < -0.4 is 5.49 Å². The van der Waals surface area contributed by atoms with Crippen molar-refractivity contribution < 1.29 is 62.2 Å². The lowest BCUT2D eigenvalue weighted by Crippen LogP contribution is -2.36. The highest BCUT2D eigenvalue weighted by molar-refractivity contribution is 7.61. The van der Waals surface area contributed by atoms with Crippen LogP contribution in [0.25, 0.3) is 11.2 Å². The van der Waals surface area contributed by atoms with Crippen LogP contribution in [0, 0.1) is 5.41 Å². The third-order valence-electron chi connectivity index (χ3n) is 5.79. The Balaban J connectivity index is 1.58. The molecule has 0 amide bonds. The third-order valence-corrected chi connectivity index (χ3v) is 8.39. The highest BCUT2D eigenvalue weighted by Crippen LogP contribution is 2.60. The minimum Gasteiger partial charge on any atom is -0.387 e. The Kier molecular flexibility index (Phi) is 6.25. The lowest BCUT2D eigenvalue weighted by Gasteiger charge is -2.21. The summed E-state index contributed by atoms with van der Waals surface area (Å²) in [5, 5.41) is 50.0. The maximum absolute atomic E-state index is 12.2. The molecule has 0 spiro atoms. The highest BCUT2D eigenvalue weighted by Gasteiger charge is 2.48. The van der Waals surface area contributed by atoms with Crippen molar-refractivity contribution in [3.63, 3.8) is 0 Å². The number of aromatic nitrogens is 4. The summed E-state index contributed by atoms with van der Waals surface area (Å²) >= 11 is 0. The van der Waals surface area contributed by atoms with Crippen molar-refractivity contribution in [2.24, 2.45) is 0 Å². The SMILES string of the molecule is N=c1c2ncn3c2ncn1[C@@H]1O[C@@H](COP(=O)(O)OP(=O)(O)OCC2OC3C(O)C2O)C(O)C1O. The minimum absolute atomic E-state index is 0.0169.